The van der Waals surface area contributed by atoms with Crippen LogP contribution >= 0.6 is 0 Å². The highest BCUT2D eigenvalue weighted by Crippen LogP contribution is 2.41. The summed E-state index contributed by atoms with van der Waals surface area (Å²) in [6.45, 7) is 0. The summed E-state index contributed by atoms with van der Waals surface area (Å²) in [6.07, 6.45) is 2.47. The van der Waals surface area contributed by atoms with Crippen molar-refractivity contribution < 1.29 is 73.8 Å². The Morgan fingerprint density at radius 1 is 0.304 bits per heavy atom. The molecule has 0 amide bonds. The molecular formula is C60H40O19. The number of phenolic OH excluding ortho intramolecular Hbond substituents is 11. The molecule has 19 heteroatoms. The minimum atomic E-state index is -0.780. The molecule has 0 aliphatic heterocycles. The van der Waals surface area contributed by atoms with Crippen LogP contribution in [0.4, 0.5) is 0 Å². The average molecular weight is 1060 g/mol. The summed E-state index contributed by atoms with van der Waals surface area (Å²) in [4.78, 5) is 48.7. The van der Waals surface area contributed by atoms with Crippen LogP contribution in [-0.2, 0) is 0 Å². The molecule has 0 aliphatic rings. The number of para-hydroxylation sites is 1. The first kappa shape index (κ1) is 52.3. The predicted octanol–water partition coefficient (Wildman–Crippen LogP) is 10.6. The lowest BCUT2D eigenvalue weighted by Gasteiger charge is -2.06. The van der Waals surface area contributed by atoms with E-state index in [9.17, 15) is 75.3 Å². The van der Waals surface area contributed by atoms with Crippen molar-refractivity contribution >= 4 is 43.9 Å². The summed E-state index contributed by atoms with van der Waals surface area (Å²) < 4.78 is 21.7. The molecule has 4 heterocycles. The summed E-state index contributed by atoms with van der Waals surface area (Å²) in [7, 11) is 0. The van der Waals surface area contributed by atoms with Gasteiger partial charge in [0.1, 0.15) is 80.1 Å². The Balaban J connectivity index is 0.000000128. The summed E-state index contributed by atoms with van der Waals surface area (Å²) in [5.41, 5.74) is 2.21. The van der Waals surface area contributed by atoms with E-state index in [1.54, 1.807) is 18.2 Å². The topological polar surface area (TPSA) is 343 Å². The van der Waals surface area contributed by atoms with Crippen molar-refractivity contribution in [2.75, 3.05) is 0 Å². The van der Waals surface area contributed by atoms with Gasteiger partial charge in [-0.25, -0.2) is 0 Å². The Hall–Kier alpha value is -11.6. The smallest absolute Gasteiger partial charge is 0.204 e. The van der Waals surface area contributed by atoms with Gasteiger partial charge in [-0.2, -0.15) is 0 Å². The number of phenols is 11. The summed E-state index contributed by atoms with van der Waals surface area (Å²) in [6, 6.07) is 41.2. The van der Waals surface area contributed by atoms with Crippen LogP contribution in [0.2, 0.25) is 0 Å². The molecule has 394 valence electrons. The van der Waals surface area contributed by atoms with Crippen LogP contribution in [0, 0.1) is 0 Å². The Morgan fingerprint density at radius 2 is 0.835 bits per heavy atom. The molecule has 0 bridgehead atoms. The van der Waals surface area contributed by atoms with E-state index in [1.807, 2.05) is 48.5 Å². The Bertz CT molecular complexity index is 4520. The van der Waals surface area contributed by atoms with Gasteiger partial charge >= 0.3 is 0 Å². The fraction of sp³-hybridized carbons (Fsp3) is 0. The van der Waals surface area contributed by atoms with Gasteiger partial charge in [-0.1, -0.05) is 66.7 Å². The Kier molecular flexibility index (Phi) is 14.4. The van der Waals surface area contributed by atoms with Crippen molar-refractivity contribution in [3.63, 3.8) is 0 Å². The SMILES string of the molecule is O=c1c(-c2ccc(O)cc2)coc2cc(O)c(O)c(O)c12.O=c1c(-c2ccc(O)cc2)coc2cc(O)c(O)cc12.O=c1cc(-c2ccc(O)c(O)c2)oc2cc(O)cc(O)c12.O=c1cc(-c2ccccc2)oc2ccccc12. The molecule has 0 aliphatic carbocycles. The van der Waals surface area contributed by atoms with Crippen LogP contribution in [0.5, 0.6) is 63.2 Å². The monoisotopic (exact) mass is 1060 g/mol. The molecule has 0 radical (unpaired) electrons. The lowest BCUT2D eigenvalue weighted by molar-refractivity contribution is 0.370. The van der Waals surface area contributed by atoms with Crippen LogP contribution in [0.1, 0.15) is 0 Å². The fourth-order valence-electron chi connectivity index (χ4n) is 8.00. The zero-order chi connectivity index (χ0) is 56.2. The summed E-state index contributed by atoms with van der Waals surface area (Å²) in [5.74, 6) is -3.21. The maximum Gasteiger partial charge on any atom is 0.204 e. The van der Waals surface area contributed by atoms with Gasteiger partial charge in [-0.05, 0) is 71.8 Å². The first-order valence-corrected chi connectivity index (χ1v) is 23.2. The molecule has 0 atom stereocenters. The second kappa shape index (κ2) is 21.7. The molecule has 12 rings (SSSR count). The standard InChI is InChI=1S/2C15H10O6.C15H10O5.C15H10O2/c16-8-3-1-7(2-4-8)9-6-21-11-5-10(17)14(19)15(20)12(11)13(9)18;16-8-4-11(19)15-12(20)6-13(21-14(15)5-8)7-1-2-9(17)10(18)3-7;16-9-3-1-8(2-4-9)11-7-20-14-6-13(18)12(17)5-10(14)15(11)19;16-13-10-15(11-6-2-1-3-7-11)17-14-9-5-4-8-12(13)14/h1-6,16-17,19-20H;1-6,16-19H;1-7,16-18H;1-10H. The second-order valence-electron chi connectivity index (χ2n) is 17.2. The third-order valence-corrected chi connectivity index (χ3v) is 12.0. The van der Waals surface area contributed by atoms with E-state index in [1.165, 1.54) is 91.4 Å². The number of hydrogen-bond donors (Lipinski definition) is 11. The highest BCUT2D eigenvalue weighted by molar-refractivity contribution is 5.91. The Morgan fingerprint density at radius 3 is 1.49 bits per heavy atom. The van der Waals surface area contributed by atoms with Crippen LogP contribution in [0.15, 0.2) is 213 Å². The molecule has 0 saturated heterocycles. The van der Waals surface area contributed by atoms with Gasteiger partial charge in [0.05, 0.1) is 21.9 Å². The van der Waals surface area contributed by atoms with E-state index in [0.717, 1.165) is 23.8 Å². The number of hydrogen-bond acceptors (Lipinski definition) is 19. The van der Waals surface area contributed by atoms with Crippen molar-refractivity contribution in [3.8, 4) is 108 Å². The van der Waals surface area contributed by atoms with Gasteiger partial charge in [0, 0.05) is 47.5 Å². The van der Waals surface area contributed by atoms with Crippen molar-refractivity contribution in [1.82, 2.24) is 0 Å². The molecule has 4 aromatic heterocycles. The second-order valence-corrected chi connectivity index (χ2v) is 17.2. The van der Waals surface area contributed by atoms with Crippen molar-refractivity contribution in [1.29, 1.82) is 0 Å². The zero-order valence-electron chi connectivity index (χ0n) is 40.4. The van der Waals surface area contributed by atoms with Crippen LogP contribution in [-0.4, -0.2) is 56.2 Å². The molecule has 0 unspecified atom stereocenters. The lowest BCUT2D eigenvalue weighted by atomic mass is 10.0. The van der Waals surface area contributed by atoms with E-state index >= 15 is 0 Å². The molecule has 11 N–H and O–H groups in total. The Labute approximate surface area is 441 Å². The molecule has 19 nitrogen and oxygen atoms in total. The molecule has 0 saturated carbocycles. The first-order valence-electron chi connectivity index (χ1n) is 23.2. The number of benzene rings is 8. The predicted molar refractivity (Wildman–Crippen MR) is 290 cm³/mol. The number of rotatable bonds is 4. The lowest BCUT2D eigenvalue weighted by Crippen LogP contribution is -2.05. The molecule has 0 fully saturated rings. The van der Waals surface area contributed by atoms with Gasteiger partial charge in [0.25, 0.3) is 0 Å². The van der Waals surface area contributed by atoms with Crippen molar-refractivity contribution in [2.45, 2.75) is 0 Å². The van der Waals surface area contributed by atoms with Crippen molar-refractivity contribution in [2.24, 2.45) is 0 Å². The van der Waals surface area contributed by atoms with Gasteiger partial charge < -0.3 is 73.8 Å². The minimum Gasteiger partial charge on any atom is -0.508 e. The number of aromatic hydroxyl groups is 11. The maximum absolute atomic E-state index is 12.4. The van der Waals surface area contributed by atoms with Gasteiger partial charge in [-0.15, -0.1) is 0 Å². The van der Waals surface area contributed by atoms with Crippen LogP contribution in [0.25, 0.3) is 88.8 Å². The van der Waals surface area contributed by atoms with E-state index in [-0.39, 0.29) is 101 Å². The van der Waals surface area contributed by atoms with E-state index in [2.05, 4.69) is 0 Å². The third kappa shape index (κ3) is 11.0. The van der Waals surface area contributed by atoms with Crippen LogP contribution < -0.4 is 21.7 Å². The van der Waals surface area contributed by atoms with E-state index in [0.29, 0.717) is 39.0 Å². The van der Waals surface area contributed by atoms with Gasteiger partial charge in [0.2, 0.25) is 16.6 Å². The molecule has 0 spiro atoms. The summed E-state index contributed by atoms with van der Waals surface area (Å²) in [5, 5.41) is 105. The molecule has 79 heavy (non-hydrogen) atoms. The van der Waals surface area contributed by atoms with Gasteiger partial charge in [-0.3, -0.25) is 19.2 Å². The molecular weight excluding hydrogens is 1020 g/mol. The van der Waals surface area contributed by atoms with Gasteiger partial charge in [0.15, 0.2) is 45.4 Å². The zero-order valence-corrected chi connectivity index (χ0v) is 40.4. The van der Waals surface area contributed by atoms with Crippen LogP contribution in [0.3, 0.4) is 0 Å². The van der Waals surface area contributed by atoms with E-state index in [4.69, 9.17) is 17.7 Å². The third-order valence-electron chi connectivity index (χ3n) is 12.0. The van der Waals surface area contributed by atoms with Crippen molar-refractivity contribution in [3.05, 3.63) is 217 Å². The first-order chi connectivity index (χ1) is 37.8. The quantitative estimate of drug-likeness (QED) is 0.0730. The molecule has 8 aromatic carbocycles. The number of fused-ring (bicyclic) bond motifs is 4. The maximum atomic E-state index is 12.4. The highest BCUT2D eigenvalue weighted by atomic mass is 16.4. The normalized spacial score (nSPS) is 10.8. The largest absolute Gasteiger partial charge is 0.508 e. The average Bonchev–Trinajstić information content (AvgIpc) is 3.44. The summed E-state index contributed by atoms with van der Waals surface area (Å²) >= 11 is 0. The minimum absolute atomic E-state index is 0.00861. The fourth-order valence-corrected chi connectivity index (χ4v) is 8.00. The van der Waals surface area contributed by atoms with E-state index < -0.39 is 28.1 Å². The molecule has 12 aromatic rings. The highest BCUT2D eigenvalue weighted by Gasteiger charge is 2.19.